The molecular formula is C22H15ClN6OS. The summed E-state index contributed by atoms with van der Waals surface area (Å²) in [6.45, 7) is 0. The van der Waals surface area contributed by atoms with Crippen LogP contribution in [0.25, 0.3) is 27.6 Å². The molecule has 2 aromatic carbocycles. The Kier molecular flexibility index (Phi) is 5.07. The van der Waals surface area contributed by atoms with Crippen molar-refractivity contribution in [3.63, 3.8) is 0 Å². The Morgan fingerprint density at radius 1 is 0.903 bits per heavy atom. The molecule has 3 heterocycles. The van der Waals surface area contributed by atoms with Gasteiger partial charge >= 0.3 is 6.03 Å². The predicted octanol–water partition coefficient (Wildman–Crippen LogP) is 5.82. The van der Waals surface area contributed by atoms with Crippen molar-refractivity contribution < 1.29 is 4.79 Å². The number of amides is 2. The third-order valence-electron chi connectivity index (χ3n) is 4.52. The van der Waals surface area contributed by atoms with Gasteiger partial charge in [0, 0.05) is 22.0 Å². The Balaban J connectivity index is 1.39. The minimum Gasteiger partial charge on any atom is -0.308 e. The first-order chi connectivity index (χ1) is 15.2. The van der Waals surface area contributed by atoms with Crippen molar-refractivity contribution in [1.82, 2.24) is 19.8 Å². The zero-order chi connectivity index (χ0) is 21.2. The van der Waals surface area contributed by atoms with Gasteiger partial charge in [0.2, 0.25) is 0 Å². The number of hydrogen-bond donors (Lipinski definition) is 2. The summed E-state index contributed by atoms with van der Waals surface area (Å²) in [7, 11) is 0. The average Bonchev–Trinajstić information content (AvgIpc) is 3.44. The molecule has 31 heavy (non-hydrogen) atoms. The quantitative estimate of drug-likeness (QED) is 0.364. The second-order valence-corrected chi connectivity index (χ2v) is 8.04. The minimum absolute atomic E-state index is 0.346. The molecule has 3 aromatic heterocycles. The van der Waals surface area contributed by atoms with E-state index in [-0.39, 0.29) is 6.03 Å². The maximum atomic E-state index is 12.3. The number of thiophene rings is 1. The molecule has 0 saturated heterocycles. The van der Waals surface area contributed by atoms with Crippen LogP contribution in [0.1, 0.15) is 0 Å². The number of urea groups is 1. The van der Waals surface area contributed by atoms with Gasteiger partial charge in [-0.15, -0.1) is 21.5 Å². The molecule has 0 bridgehead atoms. The largest absolute Gasteiger partial charge is 0.323 e. The van der Waals surface area contributed by atoms with Crippen molar-refractivity contribution in [3.05, 3.63) is 83.2 Å². The number of halogens is 1. The molecule has 2 amide bonds. The van der Waals surface area contributed by atoms with Crippen LogP contribution < -0.4 is 10.6 Å². The summed E-state index contributed by atoms with van der Waals surface area (Å²) in [4.78, 5) is 13.3. The van der Waals surface area contributed by atoms with E-state index in [1.54, 1.807) is 40.1 Å². The molecule has 0 radical (unpaired) electrons. The van der Waals surface area contributed by atoms with E-state index in [4.69, 9.17) is 16.7 Å². The van der Waals surface area contributed by atoms with Gasteiger partial charge in [-0.05, 0) is 60.0 Å². The van der Waals surface area contributed by atoms with E-state index in [1.165, 1.54) is 0 Å². The lowest BCUT2D eigenvalue weighted by molar-refractivity contribution is 0.262. The first kappa shape index (κ1) is 19.2. The summed E-state index contributed by atoms with van der Waals surface area (Å²) in [5.74, 6) is 0.698. The van der Waals surface area contributed by atoms with Gasteiger partial charge in [0.1, 0.15) is 0 Å². The number of fused-ring (bicyclic) bond motifs is 1. The average molecular weight is 447 g/mol. The second-order valence-electron chi connectivity index (χ2n) is 6.66. The zero-order valence-electron chi connectivity index (χ0n) is 16.0. The molecule has 9 heteroatoms. The number of hydrogen-bond acceptors (Lipinski definition) is 5. The van der Waals surface area contributed by atoms with E-state index in [9.17, 15) is 4.79 Å². The molecule has 0 spiro atoms. The van der Waals surface area contributed by atoms with E-state index in [1.807, 2.05) is 53.9 Å². The van der Waals surface area contributed by atoms with Gasteiger partial charge in [-0.2, -0.15) is 9.61 Å². The number of anilines is 2. The molecule has 2 N–H and O–H groups in total. The molecule has 0 atom stereocenters. The number of benzene rings is 2. The van der Waals surface area contributed by atoms with E-state index < -0.39 is 0 Å². The molecule has 0 unspecified atom stereocenters. The van der Waals surface area contributed by atoms with Crippen LogP contribution in [0.2, 0.25) is 5.02 Å². The highest BCUT2D eigenvalue weighted by atomic mass is 35.5. The van der Waals surface area contributed by atoms with Gasteiger partial charge in [0.15, 0.2) is 11.5 Å². The van der Waals surface area contributed by atoms with Crippen LogP contribution in [-0.2, 0) is 0 Å². The van der Waals surface area contributed by atoms with Crippen LogP contribution in [0.4, 0.5) is 16.2 Å². The number of aromatic nitrogens is 4. The van der Waals surface area contributed by atoms with E-state index in [2.05, 4.69) is 20.8 Å². The smallest absolute Gasteiger partial charge is 0.308 e. The Morgan fingerprint density at radius 3 is 2.55 bits per heavy atom. The maximum absolute atomic E-state index is 12.3. The third-order valence-corrected chi connectivity index (χ3v) is 5.64. The highest BCUT2D eigenvalue weighted by Crippen LogP contribution is 2.25. The highest BCUT2D eigenvalue weighted by Gasteiger charge is 2.12. The van der Waals surface area contributed by atoms with Crippen LogP contribution in [0.15, 0.2) is 78.2 Å². The minimum atomic E-state index is -0.346. The molecule has 5 aromatic rings. The van der Waals surface area contributed by atoms with Gasteiger partial charge in [0.05, 0.1) is 10.6 Å². The Hall–Kier alpha value is -3.75. The lowest BCUT2D eigenvalue weighted by Gasteiger charge is -2.09. The first-order valence-electron chi connectivity index (χ1n) is 9.36. The lowest BCUT2D eigenvalue weighted by Crippen LogP contribution is -2.19. The van der Waals surface area contributed by atoms with Gasteiger partial charge in [-0.1, -0.05) is 29.8 Å². The molecule has 5 rings (SSSR count). The Morgan fingerprint density at radius 2 is 1.74 bits per heavy atom. The molecule has 0 aliphatic rings. The van der Waals surface area contributed by atoms with Gasteiger partial charge < -0.3 is 10.6 Å². The number of nitrogens with zero attached hydrogens (tertiary/aromatic N) is 4. The summed E-state index contributed by atoms with van der Waals surface area (Å²) in [5.41, 5.74) is 3.57. The Bertz CT molecular complexity index is 1360. The van der Waals surface area contributed by atoms with Crippen molar-refractivity contribution in [2.75, 3.05) is 10.6 Å². The van der Waals surface area contributed by atoms with Crippen molar-refractivity contribution >= 4 is 46.0 Å². The topological polar surface area (TPSA) is 84.2 Å². The summed E-state index contributed by atoms with van der Waals surface area (Å²) in [5, 5.41) is 21.4. The predicted molar refractivity (Wildman–Crippen MR) is 124 cm³/mol. The molecular weight excluding hydrogens is 432 g/mol. The van der Waals surface area contributed by atoms with Gasteiger partial charge in [0.25, 0.3) is 0 Å². The van der Waals surface area contributed by atoms with Crippen molar-refractivity contribution in [3.8, 4) is 22.0 Å². The molecule has 0 aliphatic heterocycles. The fraction of sp³-hybridized carbons (Fsp3) is 0. The van der Waals surface area contributed by atoms with Crippen molar-refractivity contribution in [2.24, 2.45) is 0 Å². The molecule has 7 nitrogen and oxygen atoms in total. The number of nitrogens with one attached hydrogen (secondary N) is 2. The standard InChI is InChI=1S/C22H15ClN6OS/c23-15-6-8-16(9-7-15)24-22(30)25-17-4-1-3-14(13-17)18-10-11-20-26-27-21(29(20)28-18)19-5-2-12-31-19/h1-13H,(H2,24,25,30). The van der Waals surface area contributed by atoms with Crippen LogP contribution in [0.5, 0.6) is 0 Å². The van der Waals surface area contributed by atoms with E-state index in [0.717, 1.165) is 16.1 Å². The molecule has 0 fully saturated rings. The zero-order valence-corrected chi connectivity index (χ0v) is 17.6. The summed E-state index contributed by atoms with van der Waals surface area (Å²) in [6.07, 6.45) is 0. The van der Waals surface area contributed by atoms with Gasteiger partial charge in [-0.3, -0.25) is 0 Å². The second kappa shape index (κ2) is 8.17. The maximum Gasteiger partial charge on any atom is 0.323 e. The third kappa shape index (κ3) is 4.11. The summed E-state index contributed by atoms with van der Waals surface area (Å²) in [6, 6.07) is 21.8. The monoisotopic (exact) mass is 446 g/mol. The van der Waals surface area contributed by atoms with Gasteiger partial charge in [-0.25, -0.2) is 4.79 Å². The van der Waals surface area contributed by atoms with Crippen LogP contribution in [0.3, 0.4) is 0 Å². The normalized spacial score (nSPS) is 10.9. The fourth-order valence-electron chi connectivity index (χ4n) is 3.09. The number of carbonyl (C=O) groups excluding carboxylic acids is 1. The molecule has 0 aliphatic carbocycles. The van der Waals surface area contributed by atoms with E-state index >= 15 is 0 Å². The van der Waals surface area contributed by atoms with Crippen molar-refractivity contribution in [1.29, 1.82) is 0 Å². The van der Waals surface area contributed by atoms with Crippen molar-refractivity contribution in [2.45, 2.75) is 0 Å². The van der Waals surface area contributed by atoms with Crippen LogP contribution in [0, 0.1) is 0 Å². The molecule has 152 valence electrons. The molecule has 0 saturated carbocycles. The Labute approximate surface area is 186 Å². The first-order valence-corrected chi connectivity index (χ1v) is 10.6. The number of carbonyl (C=O) groups is 1. The number of rotatable bonds is 4. The summed E-state index contributed by atoms with van der Waals surface area (Å²) >= 11 is 7.46. The SMILES string of the molecule is O=C(Nc1ccc(Cl)cc1)Nc1cccc(-c2ccc3nnc(-c4cccs4)n3n2)c1. The van der Waals surface area contributed by atoms with E-state index in [0.29, 0.717) is 27.9 Å². The van der Waals surface area contributed by atoms with Crippen LogP contribution in [-0.4, -0.2) is 25.8 Å². The van der Waals surface area contributed by atoms with Crippen LogP contribution >= 0.6 is 22.9 Å². The highest BCUT2D eigenvalue weighted by molar-refractivity contribution is 7.13. The lowest BCUT2D eigenvalue weighted by atomic mass is 10.1. The summed E-state index contributed by atoms with van der Waals surface area (Å²) < 4.78 is 1.73. The fourth-order valence-corrected chi connectivity index (χ4v) is 3.90.